The minimum Gasteiger partial charge on any atom is -0.506 e. The number of halogens is 2. The van der Waals surface area contributed by atoms with Crippen LogP contribution in [0.5, 0.6) is 5.75 Å². The number of primary amides is 1. The summed E-state index contributed by atoms with van der Waals surface area (Å²) in [6.07, 6.45) is -0.0773. The van der Waals surface area contributed by atoms with Crippen LogP contribution in [0.1, 0.15) is 5.56 Å². The van der Waals surface area contributed by atoms with Crippen molar-refractivity contribution < 1.29 is 9.90 Å². The fourth-order valence-corrected chi connectivity index (χ4v) is 1.48. The summed E-state index contributed by atoms with van der Waals surface area (Å²) in [6.45, 7) is 0. The van der Waals surface area contributed by atoms with Crippen molar-refractivity contribution in [3.63, 3.8) is 0 Å². The lowest BCUT2D eigenvalue weighted by atomic mass is 10.1. The summed E-state index contributed by atoms with van der Waals surface area (Å²) >= 11 is 11.3. The number of rotatable bonds is 2. The van der Waals surface area contributed by atoms with E-state index in [1.54, 1.807) is 0 Å². The lowest BCUT2D eigenvalue weighted by molar-refractivity contribution is -0.117. The van der Waals surface area contributed by atoms with Crippen molar-refractivity contribution in [3.05, 3.63) is 27.7 Å². The summed E-state index contributed by atoms with van der Waals surface area (Å²) in [7, 11) is 0. The monoisotopic (exact) mass is 219 g/mol. The molecule has 0 spiro atoms. The minimum absolute atomic E-state index is 0.0773. The first kappa shape index (κ1) is 10.2. The first-order valence-electron chi connectivity index (χ1n) is 3.46. The van der Waals surface area contributed by atoms with Crippen molar-refractivity contribution in [1.82, 2.24) is 0 Å². The summed E-state index contributed by atoms with van der Waals surface area (Å²) in [5.41, 5.74) is 5.30. The van der Waals surface area contributed by atoms with E-state index in [0.29, 0.717) is 10.6 Å². The highest BCUT2D eigenvalue weighted by atomic mass is 35.5. The molecule has 0 aliphatic rings. The number of carbonyl (C=O) groups excluding carboxylic acids is 1. The molecule has 0 bridgehead atoms. The predicted molar refractivity (Wildman–Crippen MR) is 51.0 cm³/mol. The zero-order valence-electron chi connectivity index (χ0n) is 6.55. The van der Waals surface area contributed by atoms with E-state index in [0.717, 1.165) is 0 Å². The quantitative estimate of drug-likeness (QED) is 0.796. The Morgan fingerprint density at radius 2 is 2.08 bits per heavy atom. The van der Waals surface area contributed by atoms with Gasteiger partial charge in [0.05, 0.1) is 11.4 Å². The highest BCUT2D eigenvalue weighted by Crippen LogP contribution is 2.31. The fraction of sp³-hybridized carbons (Fsp3) is 0.125. The standard InChI is InChI=1S/C8H7Cl2NO2/c9-5-1-4(2-7(11)12)8(13)6(10)3-5/h1,3,13H,2H2,(H2,11,12). The van der Waals surface area contributed by atoms with E-state index in [2.05, 4.69) is 0 Å². The Labute approximate surface area is 85.1 Å². The summed E-state index contributed by atoms with van der Waals surface area (Å²) in [5.74, 6) is -0.696. The van der Waals surface area contributed by atoms with Gasteiger partial charge in [0.15, 0.2) is 0 Å². The van der Waals surface area contributed by atoms with Crippen molar-refractivity contribution in [2.24, 2.45) is 5.73 Å². The summed E-state index contributed by atoms with van der Waals surface area (Å²) in [5, 5.41) is 9.85. The number of amides is 1. The van der Waals surface area contributed by atoms with Crippen molar-refractivity contribution in [2.45, 2.75) is 6.42 Å². The third-order valence-electron chi connectivity index (χ3n) is 1.47. The van der Waals surface area contributed by atoms with E-state index in [9.17, 15) is 9.90 Å². The van der Waals surface area contributed by atoms with E-state index >= 15 is 0 Å². The highest BCUT2D eigenvalue weighted by Gasteiger charge is 2.09. The van der Waals surface area contributed by atoms with Crippen LogP contribution in [0.3, 0.4) is 0 Å². The van der Waals surface area contributed by atoms with Crippen LogP contribution in [-0.4, -0.2) is 11.0 Å². The Kier molecular flexibility index (Phi) is 3.01. The molecule has 0 heterocycles. The second-order valence-corrected chi connectivity index (χ2v) is 3.38. The number of aromatic hydroxyl groups is 1. The van der Waals surface area contributed by atoms with Gasteiger partial charge in [-0.2, -0.15) is 0 Å². The molecule has 0 unspecified atom stereocenters. The van der Waals surface area contributed by atoms with E-state index < -0.39 is 5.91 Å². The first-order valence-corrected chi connectivity index (χ1v) is 4.21. The van der Waals surface area contributed by atoms with Gasteiger partial charge in [-0.25, -0.2) is 0 Å². The van der Waals surface area contributed by atoms with Crippen molar-refractivity contribution in [3.8, 4) is 5.75 Å². The van der Waals surface area contributed by atoms with E-state index in [4.69, 9.17) is 28.9 Å². The van der Waals surface area contributed by atoms with Crippen LogP contribution in [0.25, 0.3) is 0 Å². The lowest BCUT2D eigenvalue weighted by Crippen LogP contribution is -2.13. The number of carbonyl (C=O) groups is 1. The fourth-order valence-electron chi connectivity index (χ4n) is 0.942. The van der Waals surface area contributed by atoms with Crippen LogP contribution >= 0.6 is 23.2 Å². The molecule has 70 valence electrons. The number of phenolic OH excluding ortho intramolecular Hbond substituents is 1. The molecular formula is C8H7Cl2NO2. The summed E-state index contributed by atoms with van der Waals surface area (Å²) < 4.78 is 0. The molecule has 3 N–H and O–H groups in total. The van der Waals surface area contributed by atoms with Gasteiger partial charge in [-0.3, -0.25) is 4.79 Å². The Morgan fingerprint density at radius 1 is 1.46 bits per heavy atom. The molecule has 0 aliphatic carbocycles. The molecule has 0 aromatic heterocycles. The van der Waals surface area contributed by atoms with Crippen LogP contribution in [0.4, 0.5) is 0 Å². The zero-order valence-corrected chi connectivity index (χ0v) is 8.06. The van der Waals surface area contributed by atoms with Crippen LogP contribution in [-0.2, 0) is 11.2 Å². The molecule has 0 saturated heterocycles. The van der Waals surface area contributed by atoms with Crippen molar-refractivity contribution in [2.75, 3.05) is 0 Å². The molecule has 0 aliphatic heterocycles. The van der Waals surface area contributed by atoms with E-state index in [-0.39, 0.29) is 17.2 Å². The van der Waals surface area contributed by atoms with E-state index in [1.165, 1.54) is 12.1 Å². The smallest absolute Gasteiger partial charge is 0.221 e. The summed E-state index contributed by atoms with van der Waals surface area (Å²) in [6, 6.07) is 2.84. The number of hydrogen-bond acceptors (Lipinski definition) is 2. The number of nitrogens with two attached hydrogens (primary N) is 1. The maximum Gasteiger partial charge on any atom is 0.221 e. The van der Waals surface area contributed by atoms with Gasteiger partial charge in [0, 0.05) is 10.6 Å². The highest BCUT2D eigenvalue weighted by molar-refractivity contribution is 6.35. The maximum absolute atomic E-state index is 10.6. The Morgan fingerprint density at radius 3 is 2.62 bits per heavy atom. The van der Waals surface area contributed by atoms with Gasteiger partial charge in [0.1, 0.15) is 5.75 Å². The lowest BCUT2D eigenvalue weighted by Gasteiger charge is -2.04. The first-order chi connectivity index (χ1) is 6.00. The molecular weight excluding hydrogens is 213 g/mol. The number of benzene rings is 1. The largest absolute Gasteiger partial charge is 0.506 e. The van der Waals surface area contributed by atoms with Crippen molar-refractivity contribution >= 4 is 29.1 Å². The molecule has 0 fully saturated rings. The Balaban J connectivity index is 3.12. The number of hydrogen-bond donors (Lipinski definition) is 2. The maximum atomic E-state index is 10.6. The van der Waals surface area contributed by atoms with Gasteiger partial charge in [-0.05, 0) is 12.1 Å². The third-order valence-corrected chi connectivity index (χ3v) is 1.98. The predicted octanol–water partition coefficient (Wildman–Crippen LogP) is 1.73. The normalized spacial score (nSPS) is 10.0. The Bertz CT molecular complexity index is 352. The van der Waals surface area contributed by atoms with E-state index in [1.807, 2.05) is 0 Å². The molecule has 0 atom stereocenters. The van der Waals surface area contributed by atoms with Gasteiger partial charge in [-0.15, -0.1) is 0 Å². The zero-order chi connectivity index (χ0) is 10.0. The molecule has 1 amide bonds. The van der Waals surface area contributed by atoms with Gasteiger partial charge in [-0.1, -0.05) is 23.2 Å². The molecule has 1 rings (SSSR count). The van der Waals surface area contributed by atoms with Crippen molar-refractivity contribution in [1.29, 1.82) is 0 Å². The Hall–Kier alpha value is -0.930. The van der Waals surface area contributed by atoms with Gasteiger partial charge >= 0.3 is 0 Å². The molecule has 0 saturated carbocycles. The van der Waals surface area contributed by atoms with Gasteiger partial charge in [0.25, 0.3) is 0 Å². The molecule has 0 radical (unpaired) electrons. The SMILES string of the molecule is NC(=O)Cc1cc(Cl)cc(Cl)c1O. The molecule has 1 aromatic rings. The molecule has 1 aromatic carbocycles. The minimum atomic E-state index is -0.548. The molecule has 5 heteroatoms. The van der Waals surface area contributed by atoms with Gasteiger partial charge in [0.2, 0.25) is 5.91 Å². The van der Waals surface area contributed by atoms with Crippen LogP contribution < -0.4 is 5.73 Å². The average molecular weight is 220 g/mol. The molecule has 13 heavy (non-hydrogen) atoms. The van der Waals surface area contributed by atoms with Gasteiger partial charge < -0.3 is 10.8 Å². The summed E-state index contributed by atoms with van der Waals surface area (Å²) in [4.78, 5) is 10.6. The average Bonchev–Trinajstić information content (AvgIpc) is 1.98. The van der Waals surface area contributed by atoms with Crippen LogP contribution in [0.15, 0.2) is 12.1 Å². The molecule has 3 nitrogen and oxygen atoms in total. The van der Waals surface area contributed by atoms with Crippen LogP contribution in [0, 0.1) is 0 Å². The third kappa shape index (κ3) is 2.50. The second kappa shape index (κ2) is 3.85. The second-order valence-electron chi connectivity index (χ2n) is 2.54. The van der Waals surface area contributed by atoms with Crippen LogP contribution in [0.2, 0.25) is 10.0 Å². The number of phenols is 1. The topological polar surface area (TPSA) is 63.3 Å².